The summed E-state index contributed by atoms with van der Waals surface area (Å²) in [5.74, 6) is -0.534. The number of aromatic nitrogens is 3. The topological polar surface area (TPSA) is 83.8 Å². The maximum atomic E-state index is 17.0. The van der Waals surface area contributed by atoms with Crippen molar-refractivity contribution in [3.05, 3.63) is 41.5 Å². The number of anilines is 1. The average Bonchev–Trinajstić information content (AvgIpc) is 3.93. The van der Waals surface area contributed by atoms with Crippen LogP contribution in [0.15, 0.2) is 24.3 Å². The Morgan fingerprint density at radius 3 is 2.64 bits per heavy atom. The van der Waals surface area contributed by atoms with Crippen molar-refractivity contribution in [2.75, 3.05) is 31.6 Å². The highest BCUT2D eigenvalue weighted by atomic mass is 19.1. The van der Waals surface area contributed by atoms with Crippen LogP contribution in [0, 0.1) is 11.6 Å². The van der Waals surface area contributed by atoms with E-state index in [-0.39, 0.29) is 46.6 Å². The Balaban J connectivity index is 1.26. The van der Waals surface area contributed by atoms with Crippen molar-refractivity contribution in [3.63, 3.8) is 0 Å². The fourth-order valence-electron chi connectivity index (χ4n) is 8.72. The van der Waals surface area contributed by atoms with Crippen LogP contribution in [0.5, 0.6) is 17.6 Å². The number of fused-ring (bicyclic) bond motifs is 3. The minimum Gasteiger partial charge on any atom is -0.508 e. The lowest BCUT2D eigenvalue weighted by Crippen LogP contribution is -2.48. The average molecular weight is 618 g/mol. The van der Waals surface area contributed by atoms with Gasteiger partial charge in [-0.05, 0) is 86.0 Å². The zero-order valence-electron chi connectivity index (χ0n) is 25.3. The molecule has 0 amide bonds. The van der Waals surface area contributed by atoms with Gasteiger partial charge in [0.25, 0.3) is 0 Å². The molecule has 0 bridgehead atoms. The van der Waals surface area contributed by atoms with E-state index < -0.39 is 28.9 Å². The molecule has 4 fully saturated rings. The third-order valence-corrected chi connectivity index (χ3v) is 11.2. The molecule has 5 aliphatic rings. The van der Waals surface area contributed by atoms with Gasteiger partial charge in [-0.2, -0.15) is 9.97 Å². The standard InChI is InChI=1S/C34H34F3N5O3/c1-3-21-23(36)6-5-18-13-20(43)14-22(24(18)21)27-26(37)28-25-29(41(2)33(8-9-33)34(10-11-34)45-30(25)38-27)40-31(39-28)44-17-32-7-4-12-42(32)16-19(35)15-32/h5-6,13-14,19,43H,3-4,7-12,15-17H2,1-2H3/t19-,32+/m1/s1. The molecule has 234 valence electrons. The second-order valence-corrected chi connectivity index (χ2v) is 13.7. The Hall–Kier alpha value is -3.86. The Morgan fingerprint density at radius 2 is 1.89 bits per heavy atom. The summed E-state index contributed by atoms with van der Waals surface area (Å²) in [7, 11) is 1.96. The Bertz CT molecular complexity index is 1930. The number of ether oxygens (including phenoxy) is 2. The fraction of sp³-hybridized carbons (Fsp3) is 0.500. The number of phenolic OH excluding ortho intramolecular Hbond substituents is 1. The molecule has 1 N–H and O–H groups in total. The number of halogens is 3. The van der Waals surface area contributed by atoms with Gasteiger partial charge in [-0.1, -0.05) is 13.0 Å². The third-order valence-electron chi connectivity index (χ3n) is 11.2. The van der Waals surface area contributed by atoms with Crippen LogP contribution in [-0.4, -0.2) is 74.6 Å². The van der Waals surface area contributed by atoms with Gasteiger partial charge in [0.15, 0.2) is 5.82 Å². The lowest BCUT2D eigenvalue weighted by atomic mass is 9.94. The number of phenols is 1. The molecule has 11 heteroatoms. The summed E-state index contributed by atoms with van der Waals surface area (Å²) in [5.41, 5.74) is -0.650. The Labute approximate surface area is 258 Å². The van der Waals surface area contributed by atoms with Gasteiger partial charge in [0.05, 0.1) is 11.1 Å². The van der Waals surface area contributed by atoms with Crippen molar-refractivity contribution in [1.82, 2.24) is 19.9 Å². The minimum absolute atomic E-state index is 0.0125. The van der Waals surface area contributed by atoms with E-state index in [1.165, 1.54) is 18.2 Å². The van der Waals surface area contributed by atoms with E-state index in [0.717, 1.165) is 45.1 Å². The van der Waals surface area contributed by atoms with Gasteiger partial charge in [0.2, 0.25) is 5.88 Å². The fourth-order valence-corrected chi connectivity index (χ4v) is 8.72. The molecule has 2 atom stereocenters. The highest BCUT2D eigenvalue weighted by Gasteiger charge is 2.71. The highest BCUT2D eigenvalue weighted by molar-refractivity contribution is 6.03. The molecule has 2 aromatic heterocycles. The zero-order chi connectivity index (χ0) is 30.9. The number of pyridine rings is 1. The predicted octanol–water partition coefficient (Wildman–Crippen LogP) is 6.24. The zero-order valence-corrected chi connectivity index (χ0v) is 25.3. The first-order valence-electron chi connectivity index (χ1n) is 16.0. The molecular formula is C34H34F3N5O3. The number of hydrogen-bond donors (Lipinski definition) is 1. The summed E-state index contributed by atoms with van der Waals surface area (Å²) >= 11 is 0. The van der Waals surface area contributed by atoms with E-state index in [9.17, 15) is 9.50 Å². The van der Waals surface area contributed by atoms with Gasteiger partial charge in [0, 0.05) is 25.6 Å². The number of aryl methyl sites for hydroxylation is 1. The first kappa shape index (κ1) is 27.5. The van der Waals surface area contributed by atoms with E-state index >= 15 is 8.78 Å². The molecular weight excluding hydrogens is 583 g/mol. The van der Waals surface area contributed by atoms with Crippen LogP contribution in [-0.2, 0) is 6.42 Å². The van der Waals surface area contributed by atoms with Gasteiger partial charge in [-0.25, -0.2) is 18.2 Å². The largest absolute Gasteiger partial charge is 0.508 e. The van der Waals surface area contributed by atoms with Crippen LogP contribution < -0.4 is 14.4 Å². The van der Waals surface area contributed by atoms with Gasteiger partial charge in [0.1, 0.15) is 52.4 Å². The normalized spacial score (nSPS) is 25.6. The Morgan fingerprint density at radius 1 is 1.07 bits per heavy atom. The maximum Gasteiger partial charge on any atom is 0.319 e. The summed E-state index contributed by atoms with van der Waals surface area (Å²) in [5, 5.41) is 12.1. The van der Waals surface area contributed by atoms with E-state index in [1.807, 2.05) is 14.0 Å². The van der Waals surface area contributed by atoms with Crippen molar-refractivity contribution in [1.29, 1.82) is 0 Å². The van der Waals surface area contributed by atoms with Crippen LogP contribution in [0.25, 0.3) is 32.9 Å². The van der Waals surface area contributed by atoms with Gasteiger partial charge in [-0.3, -0.25) is 4.90 Å². The molecule has 4 aromatic rings. The van der Waals surface area contributed by atoms with E-state index in [4.69, 9.17) is 19.4 Å². The van der Waals surface area contributed by atoms with Crippen LogP contribution in [0.2, 0.25) is 0 Å². The van der Waals surface area contributed by atoms with Crippen LogP contribution in [0.1, 0.15) is 57.4 Å². The molecule has 2 aromatic carbocycles. The summed E-state index contributed by atoms with van der Waals surface area (Å²) < 4.78 is 59.6. The number of nitrogens with zero attached hydrogens (tertiary/aromatic N) is 5. The molecule has 2 aliphatic carbocycles. The van der Waals surface area contributed by atoms with Gasteiger partial charge in [-0.15, -0.1) is 0 Å². The lowest BCUT2D eigenvalue weighted by molar-refractivity contribution is 0.107. The summed E-state index contributed by atoms with van der Waals surface area (Å²) in [6, 6.07) is 5.90. The molecule has 0 unspecified atom stereocenters. The predicted molar refractivity (Wildman–Crippen MR) is 163 cm³/mol. The molecule has 2 spiro atoms. The summed E-state index contributed by atoms with van der Waals surface area (Å²) in [6.07, 6.45) is 5.10. The SMILES string of the molecule is CCc1c(F)ccc2cc(O)cc(-c3nc4c5c(nc(OC[C@@]67CCCN6C[C@H](F)C7)nc5c3F)N(C)C3(CC3)C3(CC3)O4)c12. The lowest BCUT2D eigenvalue weighted by Gasteiger charge is -2.34. The van der Waals surface area contributed by atoms with Crippen LogP contribution in [0.3, 0.4) is 0 Å². The molecule has 0 radical (unpaired) electrons. The van der Waals surface area contributed by atoms with E-state index in [0.29, 0.717) is 46.9 Å². The molecule has 8 nitrogen and oxygen atoms in total. The first-order valence-corrected chi connectivity index (χ1v) is 16.0. The second kappa shape index (κ2) is 9.11. The number of hydrogen-bond acceptors (Lipinski definition) is 8. The quantitative estimate of drug-likeness (QED) is 0.282. The molecule has 9 rings (SSSR count). The smallest absolute Gasteiger partial charge is 0.319 e. The van der Waals surface area contributed by atoms with Crippen molar-refractivity contribution in [2.45, 2.75) is 81.1 Å². The number of rotatable bonds is 5. The van der Waals surface area contributed by atoms with Crippen molar-refractivity contribution >= 4 is 27.5 Å². The molecule has 5 heterocycles. The monoisotopic (exact) mass is 617 g/mol. The minimum atomic E-state index is -0.910. The number of likely N-dealkylation sites (N-methyl/N-ethyl adjacent to an activating group) is 1. The maximum absolute atomic E-state index is 17.0. The molecule has 3 aliphatic heterocycles. The highest BCUT2D eigenvalue weighted by Crippen LogP contribution is 2.65. The van der Waals surface area contributed by atoms with Gasteiger partial charge < -0.3 is 19.5 Å². The number of alkyl halides is 1. The van der Waals surface area contributed by atoms with Crippen LogP contribution >= 0.6 is 0 Å². The first-order chi connectivity index (χ1) is 21.7. The van der Waals surface area contributed by atoms with E-state index in [1.54, 1.807) is 6.07 Å². The molecule has 2 saturated carbocycles. The summed E-state index contributed by atoms with van der Waals surface area (Å²) in [4.78, 5) is 18.5. The van der Waals surface area contributed by atoms with E-state index in [2.05, 4.69) is 14.8 Å². The second-order valence-electron chi connectivity index (χ2n) is 13.7. The summed E-state index contributed by atoms with van der Waals surface area (Å²) in [6.45, 7) is 3.25. The molecule has 2 saturated heterocycles. The number of aromatic hydroxyl groups is 1. The third kappa shape index (κ3) is 3.73. The van der Waals surface area contributed by atoms with Crippen molar-refractivity contribution in [2.24, 2.45) is 0 Å². The van der Waals surface area contributed by atoms with Crippen LogP contribution in [0.4, 0.5) is 19.0 Å². The van der Waals surface area contributed by atoms with Crippen molar-refractivity contribution in [3.8, 4) is 28.9 Å². The Kier molecular flexibility index (Phi) is 5.56. The molecule has 45 heavy (non-hydrogen) atoms. The van der Waals surface area contributed by atoms with Gasteiger partial charge >= 0.3 is 6.01 Å². The van der Waals surface area contributed by atoms with Crippen molar-refractivity contribution < 1.29 is 27.8 Å². The number of benzene rings is 2.